The topological polar surface area (TPSA) is 48.7 Å². The maximum absolute atomic E-state index is 11.8. The van der Waals surface area contributed by atoms with Gasteiger partial charge < -0.3 is 5.32 Å². The number of hydrogen-bond donors (Lipinski definition) is 1. The number of pyridine rings is 1. The maximum atomic E-state index is 11.8. The molecule has 0 amide bonds. The van der Waals surface area contributed by atoms with Gasteiger partial charge in [0.15, 0.2) is 0 Å². The normalized spacial score (nSPS) is 9.31. The summed E-state index contributed by atoms with van der Waals surface area (Å²) in [7, 11) is 0. The van der Waals surface area contributed by atoms with E-state index in [0.717, 1.165) is 11.4 Å². The molecule has 0 aromatic carbocycles. The van der Waals surface area contributed by atoms with E-state index in [1.54, 1.807) is 19.1 Å². The van der Waals surface area contributed by atoms with Crippen LogP contribution in [0.15, 0.2) is 12.1 Å². The molecule has 0 bridgehead atoms. The lowest BCUT2D eigenvalue weighted by atomic mass is 10.3. The van der Waals surface area contributed by atoms with E-state index < -0.39 is 6.67 Å². The molecular formula is C9H10FN3. The van der Waals surface area contributed by atoms with E-state index in [1.807, 2.05) is 6.07 Å². The standard InChI is InChI=1S/C9H10FN3/c1-7-4-8(12-3-2-10)5-9(6-11)13-7/h4-5H,2-3H2,1H3,(H,12,13). The number of nitrogens with one attached hydrogen (secondary N) is 1. The number of rotatable bonds is 3. The zero-order valence-corrected chi connectivity index (χ0v) is 7.34. The Morgan fingerprint density at radius 2 is 2.38 bits per heavy atom. The summed E-state index contributed by atoms with van der Waals surface area (Å²) in [6.07, 6.45) is 0. The van der Waals surface area contributed by atoms with Crippen LogP contribution in [-0.2, 0) is 0 Å². The van der Waals surface area contributed by atoms with Crippen molar-refractivity contribution in [2.24, 2.45) is 0 Å². The van der Waals surface area contributed by atoms with E-state index >= 15 is 0 Å². The Morgan fingerprint density at radius 3 is 3.00 bits per heavy atom. The number of alkyl halides is 1. The Balaban J connectivity index is 2.83. The zero-order chi connectivity index (χ0) is 9.68. The first-order valence-electron chi connectivity index (χ1n) is 3.95. The second kappa shape index (κ2) is 4.41. The fourth-order valence-corrected chi connectivity index (χ4v) is 1.02. The molecule has 1 heterocycles. The molecule has 0 aliphatic heterocycles. The van der Waals surface area contributed by atoms with Gasteiger partial charge in [0.05, 0.1) is 0 Å². The molecule has 1 rings (SSSR count). The van der Waals surface area contributed by atoms with Crippen LogP contribution in [0.25, 0.3) is 0 Å². The molecule has 3 nitrogen and oxygen atoms in total. The number of aryl methyl sites for hydroxylation is 1. The van der Waals surface area contributed by atoms with E-state index in [-0.39, 0.29) is 6.54 Å². The molecule has 0 saturated heterocycles. The highest BCUT2D eigenvalue weighted by Gasteiger charge is 1.98. The summed E-state index contributed by atoms with van der Waals surface area (Å²) in [4.78, 5) is 3.97. The van der Waals surface area contributed by atoms with Crippen LogP contribution in [0.2, 0.25) is 0 Å². The van der Waals surface area contributed by atoms with Crippen molar-refractivity contribution in [3.8, 4) is 6.07 Å². The molecule has 0 aliphatic carbocycles. The predicted octanol–water partition coefficient (Wildman–Crippen LogP) is 1.64. The van der Waals surface area contributed by atoms with Crippen LogP contribution in [0.4, 0.5) is 10.1 Å². The van der Waals surface area contributed by atoms with Crippen LogP contribution < -0.4 is 5.32 Å². The highest BCUT2D eigenvalue weighted by atomic mass is 19.1. The molecule has 0 aliphatic rings. The summed E-state index contributed by atoms with van der Waals surface area (Å²) in [5.74, 6) is 0. The third kappa shape index (κ3) is 2.71. The molecule has 0 fully saturated rings. The van der Waals surface area contributed by atoms with E-state index in [9.17, 15) is 4.39 Å². The number of nitriles is 1. The number of halogens is 1. The highest BCUT2D eigenvalue weighted by molar-refractivity contribution is 5.47. The first kappa shape index (κ1) is 9.46. The van der Waals surface area contributed by atoms with E-state index in [0.29, 0.717) is 5.69 Å². The molecular weight excluding hydrogens is 169 g/mol. The second-order valence-corrected chi connectivity index (χ2v) is 2.61. The Bertz CT molecular complexity index is 330. The van der Waals surface area contributed by atoms with Crippen molar-refractivity contribution in [2.45, 2.75) is 6.92 Å². The number of aromatic nitrogens is 1. The quantitative estimate of drug-likeness (QED) is 0.767. The Kier molecular flexibility index (Phi) is 3.21. The van der Waals surface area contributed by atoms with Gasteiger partial charge in [-0.05, 0) is 19.1 Å². The molecule has 1 N–H and O–H groups in total. The molecule has 0 unspecified atom stereocenters. The van der Waals surface area contributed by atoms with Gasteiger partial charge in [0, 0.05) is 17.9 Å². The number of anilines is 1. The van der Waals surface area contributed by atoms with Crippen molar-refractivity contribution >= 4 is 5.69 Å². The minimum Gasteiger partial charge on any atom is -0.382 e. The van der Waals surface area contributed by atoms with E-state index in [2.05, 4.69) is 10.3 Å². The van der Waals surface area contributed by atoms with Crippen molar-refractivity contribution in [3.05, 3.63) is 23.5 Å². The van der Waals surface area contributed by atoms with Gasteiger partial charge in [-0.1, -0.05) is 0 Å². The Morgan fingerprint density at radius 1 is 1.62 bits per heavy atom. The van der Waals surface area contributed by atoms with Gasteiger partial charge in [-0.3, -0.25) is 0 Å². The average Bonchev–Trinajstić information content (AvgIpc) is 2.14. The first-order chi connectivity index (χ1) is 6.26. The van der Waals surface area contributed by atoms with Crippen molar-refractivity contribution in [1.29, 1.82) is 5.26 Å². The van der Waals surface area contributed by atoms with Gasteiger partial charge in [-0.15, -0.1) is 0 Å². The van der Waals surface area contributed by atoms with Gasteiger partial charge >= 0.3 is 0 Å². The van der Waals surface area contributed by atoms with E-state index in [4.69, 9.17) is 5.26 Å². The van der Waals surface area contributed by atoms with Crippen LogP contribution in [0.5, 0.6) is 0 Å². The van der Waals surface area contributed by atoms with Gasteiger partial charge in [0.25, 0.3) is 0 Å². The van der Waals surface area contributed by atoms with E-state index in [1.165, 1.54) is 0 Å². The van der Waals surface area contributed by atoms with Crippen LogP contribution in [-0.4, -0.2) is 18.2 Å². The van der Waals surface area contributed by atoms with Gasteiger partial charge in [-0.2, -0.15) is 5.26 Å². The monoisotopic (exact) mass is 179 g/mol. The molecule has 4 heteroatoms. The molecule has 1 aromatic heterocycles. The largest absolute Gasteiger partial charge is 0.382 e. The SMILES string of the molecule is Cc1cc(NCCF)cc(C#N)n1. The van der Waals surface area contributed by atoms with Crippen molar-refractivity contribution < 1.29 is 4.39 Å². The second-order valence-electron chi connectivity index (χ2n) is 2.61. The van der Waals surface area contributed by atoms with Crippen LogP contribution in [0.3, 0.4) is 0 Å². The number of hydrogen-bond acceptors (Lipinski definition) is 3. The third-order valence-electron chi connectivity index (χ3n) is 1.49. The van der Waals surface area contributed by atoms with Gasteiger partial charge in [-0.25, -0.2) is 9.37 Å². The fraction of sp³-hybridized carbons (Fsp3) is 0.333. The molecule has 1 aromatic rings. The molecule has 68 valence electrons. The Hall–Kier alpha value is -1.63. The van der Waals surface area contributed by atoms with Crippen LogP contribution in [0.1, 0.15) is 11.4 Å². The maximum Gasteiger partial charge on any atom is 0.142 e. The molecule has 0 radical (unpaired) electrons. The first-order valence-corrected chi connectivity index (χ1v) is 3.95. The highest BCUT2D eigenvalue weighted by Crippen LogP contribution is 2.09. The third-order valence-corrected chi connectivity index (χ3v) is 1.49. The molecule has 0 spiro atoms. The lowest BCUT2D eigenvalue weighted by Gasteiger charge is -2.04. The molecule has 0 saturated carbocycles. The Labute approximate surface area is 76.2 Å². The predicted molar refractivity (Wildman–Crippen MR) is 48.2 cm³/mol. The van der Waals surface area contributed by atoms with Crippen LogP contribution in [0, 0.1) is 18.3 Å². The fourth-order valence-electron chi connectivity index (χ4n) is 1.02. The molecule has 0 atom stereocenters. The minimum atomic E-state index is -0.427. The van der Waals surface area contributed by atoms with Crippen molar-refractivity contribution in [3.63, 3.8) is 0 Å². The summed E-state index contributed by atoms with van der Waals surface area (Å²) in [5, 5.41) is 11.4. The summed E-state index contributed by atoms with van der Waals surface area (Å²) in [6.45, 7) is 1.62. The zero-order valence-electron chi connectivity index (χ0n) is 7.34. The minimum absolute atomic E-state index is 0.258. The summed E-state index contributed by atoms with van der Waals surface area (Å²) in [5.41, 5.74) is 1.84. The van der Waals surface area contributed by atoms with Crippen molar-refractivity contribution in [1.82, 2.24) is 4.98 Å². The van der Waals surface area contributed by atoms with Gasteiger partial charge in [0.2, 0.25) is 0 Å². The summed E-state index contributed by atoms with van der Waals surface area (Å²) in [6, 6.07) is 5.31. The van der Waals surface area contributed by atoms with Crippen LogP contribution >= 0.6 is 0 Å². The average molecular weight is 179 g/mol. The lowest BCUT2D eigenvalue weighted by molar-refractivity contribution is 0.513. The summed E-state index contributed by atoms with van der Waals surface area (Å²) >= 11 is 0. The number of nitrogens with zero attached hydrogens (tertiary/aromatic N) is 2. The molecule has 13 heavy (non-hydrogen) atoms. The van der Waals surface area contributed by atoms with Crippen molar-refractivity contribution in [2.75, 3.05) is 18.5 Å². The summed E-state index contributed by atoms with van der Waals surface area (Å²) < 4.78 is 11.8. The smallest absolute Gasteiger partial charge is 0.142 e. The van der Waals surface area contributed by atoms with Gasteiger partial charge in [0.1, 0.15) is 18.4 Å². The lowest BCUT2D eigenvalue weighted by Crippen LogP contribution is -2.04.